The molecule has 8 heteroatoms. The number of anilines is 1. The first kappa shape index (κ1) is 17.2. The van der Waals surface area contributed by atoms with Crippen LogP contribution in [0.3, 0.4) is 0 Å². The molecule has 0 amide bonds. The van der Waals surface area contributed by atoms with E-state index in [1.54, 1.807) is 18.2 Å². The Morgan fingerprint density at radius 1 is 1.12 bits per heavy atom. The minimum atomic E-state index is -4.40. The summed E-state index contributed by atoms with van der Waals surface area (Å²) in [5, 5.41) is 17.1. The van der Waals surface area contributed by atoms with E-state index >= 15 is 0 Å². The van der Waals surface area contributed by atoms with E-state index in [2.05, 4.69) is 10.2 Å². The van der Waals surface area contributed by atoms with E-state index in [1.165, 1.54) is 6.07 Å². The van der Waals surface area contributed by atoms with E-state index in [9.17, 15) is 18.0 Å². The van der Waals surface area contributed by atoms with Crippen molar-refractivity contribution >= 4 is 11.8 Å². The second-order valence-corrected chi connectivity index (χ2v) is 5.95. The molecule has 5 nitrogen and oxygen atoms in total. The molecular weight excluding hydrogens is 335 g/mol. The highest BCUT2D eigenvalue weighted by Gasteiger charge is 2.30. The SMILES string of the molecule is O=C(O)C1CCN(c2ccc(-c3cccc(C(F)(F)F)c3)nn2)CC1. The van der Waals surface area contributed by atoms with Gasteiger partial charge in [-0.3, -0.25) is 4.79 Å². The topological polar surface area (TPSA) is 66.3 Å². The molecule has 1 aromatic carbocycles. The number of halogens is 3. The van der Waals surface area contributed by atoms with Gasteiger partial charge < -0.3 is 10.0 Å². The van der Waals surface area contributed by atoms with Gasteiger partial charge in [-0.2, -0.15) is 13.2 Å². The Bertz CT molecular complexity index is 754. The van der Waals surface area contributed by atoms with Crippen LogP contribution in [0.5, 0.6) is 0 Å². The number of hydrogen-bond acceptors (Lipinski definition) is 4. The van der Waals surface area contributed by atoms with E-state index in [-0.39, 0.29) is 5.92 Å². The predicted octanol–water partition coefficient (Wildman–Crippen LogP) is 3.46. The standard InChI is InChI=1S/C17H16F3N3O2/c18-17(19,20)13-3-1-2-12(10-13)14-4-5-15(22-21-14)23-8-6-11(7-9-23)16(24)25/h1-5,10-11H,6-9H2,(H,24,25). The summed E-state index contributed by atoms with van der Waals surface area (Å²) >= 11 is 0. The van der Waals surface area contributed by atoms with Crippen molar-refractivity contribution in [3.05, 3.63) is 42.0 Å². The first-order valence-corrected chi connectivity index (χ1v) is 7.84. The van der Waals surface area contributed by atoms with Crippen LogP contribution in [-0.4, -0.2) is 34.4 Å². The first-order valence-electron chi connectivity index (χ1n) is 7.84. The molecule has 1 aliphatic rings. The van der Waals surface area contributed by atoms with Crippen molar-refractivity contribution in [1.29, 1.82) is 0 Å². The molecule has 25 heavy (non-hydrogen) atoms. The number of hydrogen-bond donors (Lipinski definition) is 1. The fourth-order valence-electron chi connectivity index (χ4n) is 2.86. The van der Waals surface area contributed by atoms with Gasteiger partial charge in [-0.25, -0.2) is 0 Å². The summed E-state index contributed by atoms with van der Waals surface area (Å²) in [5.41, 5.74) is -0.0275. The molecule has 0 bridgehead atoms. The molecule has 1 N–H and O–H groups in total. The third kappa shape index (κ3) is 3.89. The van der Waals surface area contributed by atoms with Crippen molar-refractivity contribution in [3.8, 4) is 11.3 Å². The number of rotatable bonds is 3. The molecule has 0 atom stereocenters. The van der Waals surface area contributed by atoms with Gasteiger partial charge in [-0.1, -0.05) is 12.1 Å². The normalized spacial score (nSPS) is 16.0. The number of piperidine rings is 1. The van der Waals surface area contributed by atoms with Crippen LogP contribution in [-0.2, 0) is 11.0 Å². The Hall–Kier alpha value is -2.64. The van der Waals surface area contributed by atoms with Crippen LogP contribution in [0.1, 0.15) is 18.4 Å². The molecule has 0 spiro atoms. The molecule has 1 saturated heterocycles. The maximum absolute atomic E-state index is 12.8. The van der Waals surface area contributed by atoms with Crippen LogP contribution >= 0.6 is 0 Å². The third-order valence-corrected chi connectivity index (χ3v) is 4.30. The molecule has 0 saturated carbocycles. The summed E-state index contributed by atoms with van der Waals surface area (Å²) in [5.74, 6) is -0.529. The zero-order valence-corrected chi connectivity index (χ0v) is 13.2. The minimum absolute atomic E-state index is 0.339. The number of nitrogens with zero attached hydrogens (tertiary/aromatic N) is 3. The number of aliphatic carboxylic acids is 1. The van der Waals surface area contributed by atoms with Crippen molar-refractivity contribution < 1.29 is 23.1 Å². The monoisotopic (exact) mass is 351 g/mol. The van der Waals surface area contributed by atoms with Crippen LogP contribution in [0.15, 0.2) is 36.4 Å². The van der Waals surface area contributed by atoms with Gasteiger partial charge in [0, 0.05) is 18.7 Å². The van der Waals surface area contributed by atoms with Crippen molar-refractivity contribution in [2.75, 3.05) is 18.0 Å². The Balaban J connectivity index is 1.74. The van der Waals surface area contributed by atoms with Crippen LogP contribution < -0.4 is 4.90 Å². The number of benzene rings is 1. The van der Waals surface area contributed by atoms with Gasteiger partial charge in [0.1, 0.15) is 0 Å². The molecule has 2 heterocycles. The van der Waals surface area contributed by atoms with Gasteiger partial charge >= 0.3 is 12.1 Å². The maximum atomic E-state index is 12.8. The number of aromatic nitrogens is 2. The number of alkyl halides is 3. The number of carbonyl (C=O) groups is 1. The van der Waals surface area contributed by atoms with E-state index < -0.39 is 17.7 Å². The van der Waals surface area contributed by atoms with Crippen LogP contribution in [0.2, 0.25) is 0 Å². The summed E-state index contributed by atoms with van der Waals surface area (Å²) < 4.78 is 38.4. The summed E-state index contributed by atoms with van der Waals surface area (Å²) in [6.07, 6.45) is -3.34. The van der Waals surface area contributed by atoms with E-state index in [0.717, 1.165) is 12.1 Å². The highest BCUT2D eigenvalue weighted by Crippen LogP contribution is 2.32. The zero-order chi connectivity index (χ0) is 18.0. The first-order chi connectivity index (χ1) is 11.8. The van der Waals surface area contributed by atoms with Crippen LogP contribution in [0.4, 0.5) is 19.0 Å². The average Bonchev–Trinajstić information content (AvgIpc) is 2.61. The Labute approximate surface area is 142 Å². The van der Waals surface area contributed by atoms with E-state index in [0.29, 0.717) is 43.0 Å². The Morgan fingerprint density at radius 3 is 2.40 bits per heavy atom. The lowest BCUT2D eigenvalue weighted by atomic mass is 9.97. The average molecular weight is 351 g/mol. The molecule has 1 aliphatic heterocycles. The zero-order valence-electron chi connectivity index (χ0n) is 13.2. The highest BCUT2D eigenvalue weighted by atomic mass is 19.4. The lowest BCUT2D eigenvalue weighted by molar-refractivity contribution is -0.142. The maximum Gasteiger partial charge on any atom is 0.416 e. The van der Waals surface area contributed by atoms with E-state index in [4.69, 9.17) is 5.11 Å². The minimum Gasteiger partial charge on any atom is -0.481 e. The molecule has 0 radical (unpaired) electrons. The molecule has 2 aromatic rings. The largest absolute Gasteiger partial charge is 0.481 e. The molecule has 132 valence electrons. The van der Waals surface area contributed by atoms with Crippen molar-refractivity contribution in [1.82, 2.24) is 10.2 Å². The summed E-state index contributed by atoms with van der Waals surface area (Å²) in [7, 11) is 0. The van der Waals surface area contributed by atoms with Crippen molar-refractivity contribution in [2.24, 2.45) is 5.92 Å². The van der Waals surface area contributed by atoms with Crippen molar-refractivity contribution in [3.63, 3.8) is 0 Å². The van der Waals surface area contributed by atoms with Gasteiger partial charge in [0.25, 0.3) is 0 Å². The second kappa shape index (κ2) is 6.70. The fraction of sp³-hybridized carbons (Fsp3) is 0.353. The van der Waals surface area contributed by atoms with Gasteiger partial charge in [0.15, 0.2) is 5.82 Å². The highest BCUT2D eigenvalue weighted by molar-refractivity contribution is 5.70. The van der Waals surface area contributed by atoms with Crippen LogP contribution in [0, 0.1) is 5.92 Å². The van der Waals surface area contributed by atoms with Gasteiger partial charge in [-0.05, 0) is 37.1 Å². The third-order valence-electron chi connectivity index (χ3n) is 4.30. The smallest absolute Gasteiger partial charge is 0.416 e. The summed E-state index contributed by atoms with van der Waals surface area (Å²) in [6.45, 7) is 1.13. The fourth-order valence-corrected chi connectivity index (χ4v) is 2.86. The quantitative estimate of drug-likeness (QED) is 0.917. The van der Waals surface area contributed by atoms with Gasteiger partial charge in [0.2, 0.25) is 0 Å². The van der Waals surface area contributed by atoms with E-state index in [1.807, 2.05) is 4.90 Å². The predicted molar refractivity (Wildman–Crippen MR) is 85.0 cm³/mol. The molecule has 1 aromatic heterocycles. The van der Waals surface area contributed by atoms with Gasteiger partial charge in [0.05, 0.1) is 17.2 Å². The Morgan fingerprint density at radius 2 is 1.84 bits per heavy atom. The summed E-state index contributed by atoms with van der Waals surface area (Å²) in [4.78, 5) is 12.9. The van der Waals surface area contributed by atoms with Crippen LogP contribution in [0.25, 0.3) is 11.3 Å². The lowest BCUT2D eigenvalue weighted by Crippen LogP contribution is -2.36. The second-order valence-electron chi connectivity index (χ2n) is 5.95. The molecular formula is C17H16F3N3O2. The number of carboxylic acids is 1. The molecule has 3 rings (SSSR count). The Kier molecular flexibility index (Phi) is 4.61. The van der Waals surface area contributed by atoms with Crippen molar-refractivity contribution in [2.45, 2.75) is 19.0 Å². The lowest BCUT2D eigenvalue weighted by Gasteiger charge is -2.30. The molecule has 0 aliphatic carbocycles. The number of carboxylic acid groups (broad SMARTS) is 1. The summed E-state index contributed by atoms with van der Waals surface area (Å²) in [6, 6.07) is 8.27. The van der Waals surface area contributed by atoms with Gasteiger partial charge in [-0.15, -0.1) is 10.2 Å². The molecule has 0 unspecified atom stereocenters. The molecule has 1 fully saturated rings.